The number of nitrogens with one attached hydrogen (secondary N) is 2. The third-order valence-corrected chi connectivity index (χ3v) is 3.98. The average Bonchev–Trinajstić information content (AvgIpc) is 3.23. The van der Waals surface area contributed by atoms with Gasteiger partial charge < -0.3 is 11.1 Å². The second kappa shape index (κ2) is 5.67. The van der Waals surface area contributed by atoms with Crippen molar-refractivity contribution >= 4 is 17.4 Å². The van der Waals surface area contributed by atoms with Crippen LogP contribution in [0.2, 0.25) is 0 Å². The van der Waals surface area contributed by atoms with Crippen LogP contribution in [-0.4, -0.2) is 13.1 Å². The van der Waals surface area contributed by atoms with Crippen LogP contribution in [0, 0.1) is 23.2 Å². The van der Waals surface area contributed by atoms with Gasteiger partial charge in [-0.3, -0.25) is 0 Å². The van der Waals surface area contributed by atoms with Crippen LogP contribution in [0.1, 0.15) is 31.7 Å². The number of nitrogens with two attached hydrogens (primary N) is 1. The highest BCUT2D eigenvalue weighted by atomic mass is 19.1. The predicted octanol–water partition coefficient (Wildman–Crippen LogP) is 3.26. The number of amides is 2. The van der Waals surface area contributed by atoms with E-state index in [1.807, 2.05) is 0 Å². The summed E-state index contributed by atoms with van der Waals surface area (Å²) in [5.41, 5.74) is 13.8. The molecule has 1 aliphatic carbocycles. The Balaban J connectivity index is 2.46. The minimum atomic E-state index is -0.556. The smallest absolute Gasteiger partial charge is 0.343 e. The maximum atomic E-state index is 13.8. The average molecular weight is 293 g/mol. The van der Waals surface area contributed by atoms with Crippen molar-refractivity contribution in [3.8, 4) is 0 Å². The van der Waals surface area contributed by atoms with Gasteiger partial charge in [0.25, 0.3) is 0 Å². The first kappa shape index (κ1) is 15.2. The summed E-state index contributed by atoms with van der Waals surface area (Å²) >= 11 is 0. The fraction of sp³-hybridized carbons (Fsp3) is 0.500. The van der Waals surface area contributed by atoms with Crippen molar-refractivity contribution in [3.05, 3.63) is 23.5 Å². The number of anilines is 2. The van der Waals surface area contributed by atoms with Gasteiger partial charge in [-0.2, -0.15) is 10.5 Å². The lowest BCUT2D eigenvalue weighted by molar-refractivity contribution is 0.248. The molecule has 0 heterocycles. The van der Waals surface area contributed by atoms with E-state index in [-0.39, 0.29) is 11.6 Å². The molecule has 0 spiro atoms. The van der Waals surface area contributed by atoms with Crippen LogP contribution in [0.25, 0.3) is 0 Å². The molecule has 2 unspecified atom stereocenters. The van der Waals surface area contributed by atoms with Crippen LogP contribution < -0.4 is 16.1 Å². The third-order valence-electron chi connectivity index (χ3n) is 3.98. The quantitative estimate of drug-likeness (QED) is 0.451. The lowest BCUT2D eigenvalue weighted by atomic mass is 10.0. The number of nitrogens with zero attached hydrogens (tertiary/aromatic N) is 2. The molecule has 0 aromatic heterocycles. The minimum absolute atomic E-state index is 0.0620. The molecule has 2 rings (SSSR count). The molecular weight excluding hydrogens is 273 g/mol. The van der Waals surface area contributed by atoms with Crippen molar-refractivity contribution in [2.24, 2.45) is 17.1 Å². The van der Waals surface area contributed by atoms with E-state index in [1.165, 1.54) is 19.2 Å². The van der Waals surface area contributed by atoms with E-state index in [0.29, 0.717) is 23.1 Å². The lowest BCUT2D eigenvalue weighted by Crippen LogP contribution is -2.34. The summed E-state index contributed by atoms with van der Waals surface area (Å²) in [5.74, 6) is 0.586. The number of nitrogen functional groups attached to an aromatic ring is 1. The maximum absolute atomic E-state index is 13.8. The van der Waals surface area contributed by atoms with Gasteiger partial charge in [0.1, 0.15) is 5.82 Å². The van der Waals surface area contributed by atoms with Gasteiger partial charge in [-0.05, 0) is 41.9 Å². The molecule has 1 fully saturated rings. The van der Waals surface area contributed by atoms with Crippen LogP contribution in [0.5, 0.6) is 0 Å². The maximum Gasteiger partial charge on any atom is 0.343 e. The van der Waals surface area contributed by atoms with Crippen molar-refractivity contribution in [2.75, 3.05) is 17.8 Å². The minimum Gasteiger partial charge on any atom is -0.396 e. The molecule has 2 atom stereocenters. The fourth-order valence-electron chi connectivity index (χ4n) is 2.70. The summed E-state index contributed by atoms with van der Waals surface area (Å²) in [4.78, 5) is 11.8. The van der Waals surface area contributed by atoms with Crippen LogP contribution >= 0.6 is 0 Å². The van der Waals surface area contributed by atoms with Gasteiger partial charge in [-0.25, -0.2) is 9.18 Å². The zero-order valence-electron chi connectivity index (χ0n) is 12.4. The lowest BCUT2D eigenvalue weighted by Gasteiger charge is -2.19. The number of carbonyl (C=O) groups excluding carboxylic acids is 1. The molecule has 0 saturated heterocycles. The highest BCUT2D eigenvalue weighted by Gasteiger charge is 2.42. The van der Waals surface area contributed by atoms with E-state index in [0.717, 1.165) is 11.4 Å². The number of halogens is 1. The first-order valence-electron chi connectivity index (χ1n) is 6.88. The van der Waals surface area contributed by atoms with E-state index in [2.05, 4.69) is 24.4 Å². The SMILES string of the molecule is CNC(=O)N(N=N)c1cc(N)c(F)cc1C1CC1C(C)C. The van der Waals surface area contributed by atoms with E-state index < -0.39 is 11.8 Å². The van der Waals surface area contributed by atoms with Gasteiger partial charge in [0, 0.05) is 7.05 Å². The molecule has 4 N–H and O–H groups in total. The second-order valence-electron chi connectivity index (χ2n) is 5.65. The molecule has 1 aromatic rings. The van der Waals surface area contributed by atoms with Crippen molar-refractivity contribution < 1.29 is 9.18 Å². The predicted molar refractivity (Wildman–Crippen MR) is 78.6 cm³/mol. The van der Waals surface area contributed by atoms with Gasteiger partial charge in [-0.1, -0.05) is 19.1 Å². The van der Waals surface area contributed by atoms with E-state index >= 15 is 0 Å². The number of rotatable bonds is 4. The van der Waals surface area contributed by atoms with Crippen molar-refractivity contribution in [1.29, 1.82) is 5.53 Å². The summed E-state index contributed by atoms with van der Waals surface area (Å²) in [6.07, 6.45) is 0.938. The van der Waals surface area contributed by atoms with Gasteiger partial charge in [-0.15, -0.1) is 0 Å². The van der Waals surface area contributed by atoms with Crippen molar-refractivity contribution in [1.82, 2.24) is 5.32 Å². The summed E-state index contributed by atoms with van der Waals surface area (Å²) < 4.78 is 13.8. The monoisotopic (exact) mass is 293 g/mol. The summed E-state index contributed by atoms with van der Waals surface area (Å²) in [5, 5.41) is 6.55. The number of carbonyl (C=O) groups is 1. The van der Waals surface area contributed by atoms with Crippen molar-refractivity contribution in [3.63, 3.8) is 0 Å². The summed E-state index contributed by atoms with van der Waals surface area (Å²) in [7, 11) is 1.45. The van der Waals surface area contributed by atoms with Crippen LogP contribution in [0.3, 0.4) is 0 Å². The van der Waals surface area contributed by atoms with Crippen LogP contribution in [0.15, 0.2) is 17.4 Å². The Bertz CT molecular complexity index is 575. The summed E-state index contributed by atoms with van der Waals surface area (Å²) in [6.45, 7) is 4.23. The molecule has 0 aliphatic heterocycles. The zero-order chi connectivity index (χ0) is 15.7. The molecule has 7 heteroatoms. The Kier molecular flexibility index (Phi) is 4.11. The van der Waals surface area contributed by atoms with Gasteiger partial charge in [0.2, 0.25) is 0 Å². The Labute approximate surface area is 123 Å². The Morgan fingerprint density at radius 2 is 2.24 bits per heavy atom. The van der Waals surface area contributed by atoms with Crippen LogP contribution in [-0.2, 0) is 0 Å². The Morgan fingerprint density at radius 1 is 1.57 bits per heavy atom. The van der Waals surface area contributed by atoms with Crippen molar-refractivity contribution in [2.45, 2.75) is 26.2 Å². The van der Waals surface area contributed by atoms with Gasteiger partial charge in [0.15, 0.2) is 0 Å². The Hall–Kier alpha value is -2.18. The molecule has 1 aromatic carbocycles. The molecule has 2 amide bonds. The van der Waals surface area contributed by atoms with E-state index in [4.69, 9.17) is 11.3 Å². The summed E-state index contributed by atoms with van der Waals surface area (Å²) in [6, 6.07) is 2.17. The normalized spacial score (nSPS) is 20.2. The highest BCUT2D eigenvalue weighted by Crippen LogP contribution is 2.54. The number of hydrogen-bond acceptors (Lipinski definition) is 4. The van der Waals surface area contributed by atoms with E-state index in [9.17, 15) is 9.18 Å². The molecule has 0 bridgehead atoms. The third kappa shape index (κ3) is 2.81. The molecular formula is C14H20FN5O. The van der Waals surface area contributed by atoms with Crippen LogP contribution in [0.4, 0.5) is 20.6 Å². The molecule has 6 nitrogen and oxygen atoms in total. The molecule has 1 aliphatic rings. The molecule has 1 saturated carbocycles. The largest absolute Gasteiger partial charge is 0.396 e. The first-order chi connectivity index (χ1) is 9.90. The zero-order valence-corrected chi connectivity index (χ0v) is 12.4. The number of benzene rings is 1. The molecule has 0 radical (unpaired) electrons. The fourth-order valence-corrected chi connectivity index (χ4v) is 2.70. The highest BCUT2D eigenvalue weighted by molar-refractivity contribution is 5.92. The van der Waals surface area contributed by atoms with Gasteiger partial charge in [0.05, 0.1) is 11.4 Å². The van der Waals surface area contributed by atoms with Gasteiger partial charge >= 0.3 is 6.03 Å². The Morgan fingerprint density at radius 3 is 2.71 bits per heavy atom. The standard InChI is InChI=1S/C14H20FN5O/c1-7(2)8-4-9(8)10-5-11(15)12(16)6-13(10)20(19-17)14(21)18-3/h5-9,17H,4,16H2,1-3H3,(H,18,21). The van der Waals surface area contributed by atoms with E-state index in [1.54, 1.807) is 0 Å². The first-order valence-corrected chi connectivity index (χ1v) is 6.88. The molecule has 21 heavy (non-hydrogen) atoms. The topological polar surface area (TPSA) is 94.6 Å². The molecule has 114 valence electrons. The second-order valence-corrected chi connectivity index (χ2v) is 5.65. The number of hydrogen-bond donors (Lipinski definition) is 3. The number of urea groups is 1.